The zero-order chi connectivity index (χ0) is 20.8. The highest BCUT2D eigenvalue weighted by Gasteiger charge is 2.21. The molecule has 148 valence electrons. The number of benzene rings is 1. The number of anilines is 1. The monoisotopic (exact) mass is 407 g/mol. The third-order valence-electron chi connectivity index (χ3n) is 4.11. The van der Waals surface area contributed by atoms with Crippen LogP contribution in [0.25, 0.3) is 11.5 Å². The lowest BCUT2D eigenvalue weighted by Gasteiger charge is -2.13. The molecule has 2 aromatic heterocycles. The maximum atomic E-state index is 12.6. The Morgan fingerprint density at radius 3 is 2.76 bits per heavy atom. The van der Waals surface area contributed by atoms with Crippen molar-refractivity contribution < 1.29 is 9.59 Å². The molecule has 1 N–H and O–H groups in total. The van der Waals surface area contributed by atoms with Gasteiger partial charge in [0.2, 0.25) is 5.91 Å². The first-order valence-corrected chi connectivity index (χ1v) is 9.91. The molecule has 0 bridgehead atoms. The molecule has 0 aliphatic rings. The molecule has 7 nitrogen and oxygen atoms in total. The number of carbonyl (C=O) groups excluding carboxylic acids is 2. The maximum Gasteiger partial charge on any atom is 0.237 e. The van der Waals surface area contributed by atoms with Crippen LogP contribution in [-0.2, 0) is 11.3 Å². The second-order valence-corrected chi connectivity index (χ2v) is 7.61. The van der Waals surface area contributed by atoms with Crippen LogP contribution in [0.1, 0.15) is 24.2 Å². The van der Waals surface area contributed by atoms with Crippen LogP contribution >= 0.6 is 11.8 Å². The molecule has 1 aromatic carbocycles. The first kappa shape index (κ1) is 20.5. The number of aromatic nitrogens is 4. The highest BCUT2D eigenvalue weighted by Crippen LogP contribution is 2.27. The van der Waals surface area contributed by atoms with Crippen LogP contribution in [0, 0.1) is 0 Å². The lowest BCUT2D eigenvalue weighted by molar-refractivity contribution is -0.115. The molecule has 0 aliphatic heterocycles. The summed E-state index contributed by atoms with van der Waals surface area (Å²) in [5, 5.41) is 11.5. The Hall–Kier alpha value is -3.26. The number of carbonyl (C=O) groups is 2. The van der Waals surface area contributed by atoms with E-state index in [1.807, 2.05) is 22.8 Å². The Morgan fingerprint density at radius 1 is 1.24 bits per heavy atom. The van der Waals surface area contributed by atoms with Crippen molar-refractivity contribution in [2.45, 2.75) is 30.8 Å². The Bertz CT molecular complexity index is 1030. The highest BCUT2D eigenvalue weighted by atomic mass is 32.2. The third kappa shape index (κ3) is 4.97. The number of hydrogen-bond donors (Lipinski definition) is 1. The fourth-order valence-electron chi connectivity index (χ4n) is 2.63. The summed E-state index contributed by atoms with van der Waals surface area (Å²) in [6.45, 7) is 7.57. The number of rotatable bonds is 8. The normalized spacial score (nSPS) is 11.7. The summed E-state index contributed by atoms with van der Waals surface area (Å²) in [4.78, 5) is 28.5. The summed E-state index contributed by atoms with van der Waals surface area (Å²) >= 11 is 1.30. The van der Waals surface area contributed by atoms with E-state index in [1.54, 1.807) is 43.5 Å². The van der Waals surface area contributed by atoms with Gasteiger partial charge < -0.3 is 5.32 Å². The van der Waals surface area contributed by atoms with Gasteiger partial charge in [-0.1, -0.05) is 36.0 Å². The van der Waals surface area contributed by atoms with Crippen molar-refractivity contribution in [3.8, 4) is 11.5 Å². The largest absolute Gasteiger partial charge is 0.325 e. The van der Waals surface area contributed by atoms with E-state index in [2.05, 4.69) is 27.1 Å². The van der Waals surface area contributed by atoms with Gasteiger partial charge in [0.15, 0.2) is 16.8 Å². The smallest absolute Gasteiger partial charge is 0.237 e. The molecular formula is C21H21N5O2S. The van der Waals surface area contributed by atoms with Gasteiger partial charge in [-0.15, -0.1) is 16.8 Å². The zero-order valence-electron chi connectivity index (χ0n) is 16.2. The van der Waals surface area contributed by atoms with Gasteiger partial charge in [-0.3, -0.25) is 19.1 Å². The van der Waals surface area contributed by atoms with Gasteiger partial charge in [0, 0.05) is 24.0 Å². The molecule has 0 radical (unpaired) electrons. The van der Waals surface area contributed by atoms with E-state index >= 15 is 0 Å². The van der Waals surface area contributed by atoms with Gasteiger partial charge in [-0.25, -0.2) is 0 Å². The molecule has 29 heavy (non-hydrogen) atoms. The number of thioether (sulfide) groups is 1. The van der Waals surface area contributed by atoms with Crippen LogP contribution in [-0.4, -0.2) is 36.7 Å². The van der Waals surface area contributed by atoms with Crippen LogP contribution < -0.4 is 5.32 Å². The molecule has 1 unspecified atom stereocenters. The van der Waals surface area contributed by atoms with Crippen LogP contribution in [0.2, 0.25) is 0 Å². The zero-order valence-corrected chi connectivity index (χ0v) is 17.0. The van der Waals surface area contributed by atoms with Crippen molar-refractivity contribution >= 4 is 29.1 Å². The summed E-state index contributed by atoms with van der Waals surface area (Å²) in [5.74, 6) is 0.376. The molecule has 0 aliphatic carbocycles. The van der Waals surface area contributed by atoms with Gasteiger partial charge in [0.1, 0.15) is 5.69 Å². The average molecular weight is 407 g/mol. The molecule has 2 heterocycles. The molecule has 8 heteroatoms. The Balaban J connectivity index is 1.76. The molecule has 0 spiro atoms. The fourth-order valence-corrected chi connectivity index (χ4v) is 3.48. The lowest BCUT2D eigenvalue weighted by Crippen LogP contribution is -2.23. The van der Waals surface area contributed by atoms with Gasteiger partial charge in [-0.2, -0.15) is 0 Å². The molecule has 1 amide bonds. The quantitative estimate of drug-likeness (QED) is 0.347. The van der Waals surface area contributed by atoms with Gasteiger partial charge in [0.05, 0.1) is 5.25 Å². The minimum absolute atomic E-state index is 0.0527. The van der Waals surface area contributed by atoms with E-state index in [1.165, 1.54) is 18.7 Å². The third-order valence-corrected chi connectivity index (χ3v) is 5.19. The molecule has 1 atom stereocenters. The van der Waals surface area contributed by atoms with Crippen LogP contribution in [0.4, 0.5) is 5.69 Å². The number of pyridine rings is 1. The van der Waals surface area contributed by atoms with E-state index in [0.717, 1.165) is 0 Å². The Kier molecular flexibility index (Phi) is 6.56. The lowest BCUT2D eigenvalue weighted by atomic mass is 10.1. The van der Waals surface area contributed by atoms with Crippen molar-refractivity contribution in [2.75, 3.05) is 5.32 Å². The second kappa shape index (κ2) is 9.29. The predicted octanol–water partition coefficient (Wildman–Crippen LogP) is 3.85. The minimum Gasteiger partial charge on any atom is -0.325 e. The predicted molar refractivity (Wildman–Crippen MR) is 114 cm³/mol. The van der Waals surface area contributed by atoms with E-state index in [-0.39, 0.29) is 11.7 Å². The first-order valence-electron chi connectivity index (χ1n) is 9.03. The number of allylic oxidation sites excluding steroid dienone is 1. The van der Waals surface area contributed by atoms with Crippen molar-refractivity contribution in [2.24, 2.45) is 0 Å². The van der Waals surface area contributed by atoms with Crippen LogP contribution in [0.3, 0.4) is 0 Å². The average Bonchev–Trinajstić information content (AvgIpc) is 3.11. The molecular weight excluding hydrogens is 386 g/mol. The van der Waals surface area contributed by atoms with Crippen LogP contribution in [0.5, 0.6) is 0 Å². The Labute approximate surface area is 173 Å². The van der Waals surface area contributed by atoms with Gasteiger partial charge in [-0.05, 0) is 38.1 Å². The van der Waals surface area contributed by atoms with Gasteiger partial charge >= 0.3 is 0 Å². The highest BCUT2D eigenvalue weighted by molar-refractivity contribution is 8.00. The summed E-state index contributed by atoms with van der Waals surface area (Å²) in [6.07, 6.45) is 3.44. The van der Waals surface area contributed by atoms with E-state index < -0.39 is 5.25 Å². The number of amides is 1. The van der Waals surface area contributed by atoms with Crippen molar-refractivity contribution in [3.63, 3.8) is 0 Å². The number of nitrogens with one attached hydrogen (secondary N) is 1. The molecule has 0 fully saturated rings. The van der Waals surface area contributed by atoms with Crippen LogP contribution in [0.15, 0.2) is 66.5 Å². The SMILES string of the molecule is C=CCn1c(SC(C)C(=O)Nc2cccc(C(C)=O)c2)nnc1-c1ccccn1. The van der Waals surface area contributed by atoms with Crippen molar-refractivity contribution in [1.82, 2.24) is 19.7 Å². The summed E-state index contributed by atoms with van der Waals surface area (Å²) in [7, 11) is 0. The van der Waals surface area contributed by atoms with Crippen molar-refractivity contribution in [3.05, 3.63) is 66.9 Å². The van der Waals surface area contributed by atoms with E-state index in [0.29, 0.717) is 34.5 Å². The number of nitrogens with zero attached hydrogens (tertiary/aromatic N) is 4. The number of Topliss-reactive ketones (excluding diaryl/α,β-unsaturated/α-hetero) is 1. The molecule has 3 aromatic rings. The van der Waals surface area contributed by atoms with Gasteiger partial charge in [0.25, 0.3) is 0 Å². The summed E-state index contributed by atoms with van der Waals surface area (Å²) < 4.78 is 1.88. The van der Waals surface area contributed by atoms with E-state index in [9.17, 15) is 9.59 Å². The number of ketones is 1. The maximum absolute atomic E-state index is 12.6. The topological polar surface area (TPSA) is 89.8 Å². The molecule has 3 rings (SSSR count). The first-order chi connectivity index (χ1) is 14.0. The molecule has 0 saturated carbocycles. The number of hydrogen-bond acceptors (Lipinski definition) is 6. The minimum atomic E-state index is -0.430. The molecule has 0 saturated heterocycles. The summed E-state index contributed by atoms with van der Waals surface area (Å²) in [6, 6.07) is 12.4. The Morgan fingerprint density at radius 2 is 2.07 bits per heavy atom. The second-order valence-electron chi connectivity index (χ2n) is 6.31. The van der Waals surface area contributed by atoms with Crippen molar-refractivity contribution in [1.29, 1.82) is 0 Å². The summed E-state index contributed by atoms with van der Waals surface area (Å²) in [5.41, 5.74) is 1.83. The fraction of sp³-hybridized carbons (Fsp3) is 0.190. The standard InChI is InChI=1S/C21H21N5O2S/c1-4-12-26-19(18-10-5-6-11-22-18)24-25-21(26)29-15(3)20(28)23-17-9-7-8-16(13-17)14(2)27/h4-11,13,15H,1,12H2,2-3H3,(H,23,28). The van der Waals surface area contributed by atoms with E-state index in [4.69, 9.17) is 0 Å².